The maximum Gasteiger partial charge on any atom is 0.328 e. The molecule has 20 heavy (non-hydrogen) atoms. The van der Waals surface area contributed by atoms with Crippen LogP contribution in [0.1, 0.15) is 0 Å². The van der Waals surface area contributed by atoms with Gasteiger partial charge in [-0.3, -0.25) is 9.69 Å². The molecule has 1 aromatic rings. The summed E-state index contributed by atoms with van der Waals surface area (Å²) >= 11 is 5.73. The first-order valence-electron chi connectivity index (χ1n) is 5.80. The van der Waals surface area contributed by atoms with E-state index in [-0.39, 0.29) is 13.1 Å². The lowest BCUT2D eigenvalue weighted by atomic mass is 10.2. The van der Waals surface area contributed by atoms with Crippen LogP contribution in [-0.4, -0.2) is 47.0 Å². The number of anilines is 1. The lowest BCUT2D eigenvalue weighted by Crippen LogP contribution is -2.60. The van der Waals surface area contributed by atoms with Crippen LogP contribution in [0.15, 0.2) is 24.3 Å². The average molecular weight is 298 g/mol. The molecule has 3 amide bonds. The van der Waals surface area contributed by atoms with Gasteiger partial charge in [-0.15, -0.1) is 0 Å². The molecule has 1 aromatic carbocycles. The maximum atomic E-state index is 12.1. The van der Waals surface area contributed by atoms with Crippen molar-refractivity contribution in [3.05, 3.63) is 29.3 Å². The van der Waals surface area contributed by atoms with Gasteiger partial charge in [0.15, 0.2) is 0 Å². The van der Waals surface area contributed by atoms with Crippen molar-refractivity contribution >= 4 is 35.2 Å². The summed E-state index contributed by atoms with van der Waals surface area (Å²) < 4.78 is 0. The van der Waals surface area contributed by atoms with Crippen LogP contribution in [-0.2, 0) is 9.59 Å². The number of benzene rings is 1. The minimum absolute atomic E-state index is 0.109. The maximum absolute atomic E-state index is 12.1. The number of carboxylic acid groups (broad SMARTS) is 1. The molecule has 1 aliphatic rings. The molecule has 1 saturated heterocycles. The van der Waals surface area contributed by atoms with Gasteiger partial charge >= 0.3 is 12.0 Å². The topological polar surface area (TPSA) is 98.7 Å². The van der Waals surface area contributed by atoms with Crippen molar-refractivity contribution in [1.82, 2.24) is 10.2 Å². The van der Waals surface area contributed by atoms with Crippen LogP contribution in [0.4, 0.5) is 10.5 Å². The fraction of sp³-hybridized carbons (Fsp3) is 0.250. The molecule has 0 bridgehead atoms. The second-order valence-electron chi connectivity index (χ2n) is 4.22. The molecule has 1 fully saturated rings. The molecule has 1 heterocycles. The van der Waals surface area contributed by atoms with E-state index >= 15 is 0 Å². The average Bonchev–Trinajstić information content (AvgIpc) is 2.41. The summed E-state index contributed by atoms with van der Waals surface area (Å²) in [5.41, 5.74) is 0.467. The van der Waals surface area contributed by atoms with Crippen molar-refractivity contribution in [3.63, 3.8) is 0 Å². The molecular weight excluding hydrogens is 286 g/mol. The molecule has 0 aliphatic carbocycles. The molecule has 8 heteroatoms. The SMILES string of the molecule is O=C1CN(C(=O)Nc2ccc(Cl)cc2)C(C(=O)O)CN1. The number of carboxylic acids is 1. The molecule has 3 N–H and O–H groups in total. The number of rotatable bonds is 2. The summed E-state index contributed by atoms with van der Waals surface area (Å²) in [6.45, 7) is -0.404. The van der Waals surface area contributed by atoms with Crippen LogP contribution in [0, 0.1) is 0 Å². The first-order valence-corrected chi connectivity index (χ1v) is 6.18. The van der Waals surface area contributed by atoms with Crippen molar-refractivity contribution in [3.8, 4) is 0 Å². The van der Waals surface area contributed by atoms with Gasteiger partial charge in [-0.05, 0) is 24.3 Å². The van der Waals surface area contributed by atoms with Crippen molar-refractivity contribution < 1.29 is 19.5 Å². The molecule has 2 rings (SSSR count). The molecule has 1 unspecified atom stereocenters. The van der Waals surface area contributed by atoms with Crippen LogP contribution in [0.25, 0.3) is 0 Å². The molecule has 0 saturated carbocycles. The quantitative estimate of drug-likeness (QED) is 0.750. The number of nitrogens with one attached hydrogen (secondary N) is 2. The van der Waals surface area contributed by atoms with Gasteiger partial charge in [-0.2, -0.15) is 0 Å². The number of urea groups is 1. The number of carbonyl (C=O) groups excluding carboxylic acids is 2. The first kappa shape index (κ1) is 14.1. The third-order valence-electron chi connectivity index (χ3n) is 2.82. The molecule has 7 nitrogen and oxygen atoms in total. The summed E-state index contributed by atoms with van der Waals surface area (Å²) in [7, 11) is 0. The molecule has 0 aromatic heterocycles. The monoisotopic (exact) mass is 297 g/mol. The predicted molar refractivity (Wildman–Crippen MR) is 71.6 cm³/mol. The first-order chi connectivity index (χ1) is 9.47. The zero-order valence-electron chi connectivity index (χ0n) is 10.3. The number of nitrogens with zero attached hydrogens (tertiary/aromatic N) is 1. The Kier molecular flexibility index (Phi) is 4.09. The van der Waals surface area contributed by atoms with Crippen LogP contribution >= 0.6 is 11.6 Å². The van der Waals surface area contributed by atoms with Gasteiger partial charge < -0.3 is 15.7 Å². The Labute approximate surface area is 119 Å². The van der Waals surface area contributed by atoms with Gasteiger partial charge in [0.1, 0.15) is 12.6 Å². The second kappa shape index (κ2) is 5.79. The summed E-state index contributed by atoms with van der Waals surface area (Å²) in [5.74, 6) is -1.56. The molecule has 106 valence electrons. The number of piperazine rings is 1. The Morgan fingerprint density at radius 2 is 2.00 bits per heavy atom. The highest BCUT2D eigenvalue weighted by molar-refractivity contribution is 6.30. The third-order valence-corrected chi connectivity index (χ3v) is 3.08. The molecule has 0 radical (unpaired) electrons. The number of hydrogen-bond donors (Lipinski definition) is 3. The van der Waals surface area contributed by atoms with Crippen LogP contribution in [0.2, 0.25) is 5.02 Å². The van der Waals surface area contributed by atoms with Crippen molar-refractivity contribution in [1.29, 1.82) is 0 Å². The summed E-state index contributed by atoms with van der Waals surface area (Å²) in [4.78, 5) is 35.4. The Morgan fingerprint density at radius 1 is 1.35 bits per heavy atom. The zero-order valence-corrected chi connectivity index (χ0v) is 11.1. The van der Waals surface area contributed by atoms with Gasteiger partial charge in [-0.25, -0.2) is 9.59 Å². The van der Waals surface area contributed by atoms with E-state index in [2.05, 4.69) is 10.6 Å². The van der Waals surface area contributed by atoms with E-state index in [1.54, 1.807) is 24.3 Å². The summed E-state index contributed by atoms with van der Waals surface area (Å²) in [5, 5.41) is 14.5. The standard InChI is InChI=1S/C12H12ClN3O4/c13-7-1-3-8(4-2-7)15-12(20)16-6-10(17)14-5-9(16)11(18)19/h1-4,9H,5-6H2,(H,14,17)(H,15,20)(H,18,19). The van der Waals surface area contributed by atoms with Gasteiger partial charge in [-0.1, -0.05) is 11.6 Å². The van der Waals surface area contributed by atoms with Gasteiger partial charge in [0, 0.05) is 17.3 Å². The fourth-order valence-electron chi connectivity index (χ4n) is 1.80. The van der Waals surface area contributed by atoms with E-state index in [1.807, 2.05) is 0 Å². The normalized spacial score (nSPS) is 18.4. The van der Waals surface area contributed by atoms with E-state index in [0.717, 1.165) is 4.90 Å². The van der Waals surface area contributed by atoms with E-state index in [9.17, 15) is 14.4 Å². The predicted octanol–water partition coefficient (Wildman–Crippen LogP) is 0.757. The summed E-state index contributed by atoms with van der Waals surface area (Å²) in [6, 6.07) is 4.62. The minimum Gasteiger partial charge on any atom is -0.480 e. The molecule has 1 atom stereocenters. The second-order valence-corrected chi connectivity index (χ2v) is 4.66. The number of aliphatic carboxylic acids is 1. The molecule has 1 aliphatic heterocycles. The lowest BCUT2D eigenvalue weighted by molar-refractivity contribution is -0.144. The summed E-state index contributed by atoms with van der Waals surface area (Å²) in [6.07, 6.45) is 0. The van der Waals surface area contributed by atoms with Gasteiger partial charge in [0.2, 0.25) is 5.91 Å². The zero-order chi connectivity index (χ0) is 14.7. The minimum atomic E-state index is -1.17. The number of carbonyl (C=O) groups is 3. The molecule has 0 spiro atoms. The van der Waals surface area contributed by atoms with Crippen molar-refractivity contribution in [2.45, 2.75) is 6.04 Å². The third kappa shape index (κ3) is 3.18. The van der Waals surface area contributed by atoms with Crippen LogP contribution in [0.5, 0.6) is 0 Å². The Bertz CT molecular complexity index is 546. The largest absolute Gasteiger partial charge is 0.480 e. The van der Waals surface area contributed by atoms with Crippen molar-refractivity contribution in [2.75, 3.05) is 18.4 Å². The number of amides is 3. The Hall–Kier alpha value is -2.28. The lowest BCUT2D eigenvalue weighted by Gasteiger charge is -2.32. The number of halogens is 1. The highest BCUT2D eigenvalue weighted by Crippen LogP contribution is 2.15. The Morgan fingerprint density at radius 3 is 2.60 bits per heavy atom. The van der Waals surface area contributed by atoms with E-state index < -0.39 is 23.9 Å². The van der Waals surface area contributed by atoms with E-state index in [0.29, 0.717) is 10.7 Å². The highest BCUT2D eigenvalue weighted by Gasteiger charge is 2.35. The fourth-order valence-corrected chi connectivity index (χ4v) is 1.93. The molecular formula is C12H12ClN3O4. The number of hydrogen-bond acceptors (Lipinski definition) is 3. The van der Waals surface area contributed by atoms with E-state index in [1.165, 1.54) is 0 Å². The van der Waals surface area contributed by atoms with E-state index in [4.69, 9.17) is 16.7 Å². The smallest absolute Gasteiger partial charge is 0.328 e. The van der Waals surface area contributed by atoms with Crippen molar-refractivity contribution in [2.24, 2.45) is 0 Å². The van der Waals surface area contributed by atoms with Gasteiger partial charge in [0.25, 0.3) is 0 Å². The van der Waals surface area contributed by atoms with Gasteiger partial charge in [0.05, 0.1) is 0 Å². The van der Waals surface area contributed by atoms with Crippen LogP contribution < -0.4 is 10.6 Å². The van der Waals surface area contributed by atoms with Crippen LogP contribution in [0.3, 0.4) is 0 Å². The highest BCUT2D eigenvalue weighted by atomic mass is 35.5. The Balaban J connectivity index is 2.10.